The van der Waals surface area contributed by atoms with Crippen molar-refractivity contribution in [3.8, 4) is 5.69 Å². The van der Waals surface area contributed by atoms with Crippen LogP contribution >= 0.6 is 0 Å². The molecule has 1 amide bonds. The number of hydrogen-bond acceptors (Lipinski definition) is 5. The highest BCUT2D eigenvalue weighted by atomic mass is 16.5. The van der Waals surface area contributed by atoms with Gasteiger partial charge in [-0.3, -0.25) is 9.78 Å². The molecular formula is C16H17N5O2. The van der Waals surface area contributed by atoms with Gasteiger partial charge in [-0.1, -0.05) is 19.0 Å². The summed E-state index contributed by atoms with van der Waals surface area (Å²) in [6.45, 7) is 5.80. The number of nitrogens with one attached hydrogen (secondary N) is 1. The fraction of sp³-hybridized carbons (Fsp3) is 0.250. The van der Waals surface area contributed by atoms with Gasteiger partial charge in [0.05, 0.1) is 29.3 Å². The topological polar surface area (TPSA) is 85.8 Å². The predicted molar refractivity (Wildman–Crippen MR) is 84.6 cm³/mol. The number of carbonyl (C=O) groups excluding carboxylic acids is 1. The number of aromatic nitrogens is 4. The van der Waals surface area contributed by atoms with Crippen molar-refractivity contribution in [2.75, 3.05) is 5.32 Å². The van der Waals surface area contributed by atoms with Crippen LogP contribution in [0, 0.1) is 6.92 Å². The van der Waals surface area contributed by atoms with E-state index in [2.05, 4.69) is 20.6 Å². The van der Waals surface area contributed by atoms with Crippen LogP contribution in [0.25, 0.3) is 5.69 Å². The smallest absolute Gasteiger partial charge is 0.259 e. The molecule has 0 bridgehead atoms. The van der Waals surface area contributed by atoms with Crippen molar-refractivity contribution in [1.29, 1.82) is 0 Å². The van der Waals surface area contributed by atoms with Gasteiger partial charge in [0.15, 0.2) is 5.76 Å². The van der Waals surface area contributed by atoms with Crippen LogP contribution in [-0.2, 0) is 0 Å². The highest BCUT2D eigenvalue weighted by molar-refractivity contribution is 6.05. The van der Waals surface area contributed by atoms with E-state index in [9.17, 15) is 4.79 Å². The van der Waals surface area contributed by atoms with Gasteiger partial charge in [0.1, 0.15) is 5.69 Å². The highest BCUT2D eigenvalue weighted by Crippen LogP contribution is 2.24. The molecule has 0 aromatic carbocycles. The molecule has 0 atom stereocenters. The molecule has 118 valence electrons. The second kappa shape index (κ2) is 6.04. The van der Waals surface area contributed by atoms with E-state index in [1.807, 2.05) is 32.9 Å². The summed E-state index contributed by atoms with van der Waals surface area (Å²) in [4.78, 5) is 16.5. The van der Waals surface area contributed by atoms with Crippen LogP contribution in [0.15, 0.2) is 41.4 Å². The first-order valence-corrected chi connectivity index (χ1v) is 7.29. The Morgan fingerprint density at radius 2 is 2.00 bits per heavy atom. The molecule has 7 nitrogen and oxygen atoms in total. The Labute approximate surface area is 133 Å². The Morgan fingerprint density at radius 1 is 1.26 bits per heavy atom. The molecule has 0 saturated heterocycles. The first kappa shape index (κ1) is 15.0. The van der Waals surface area contributed by atoms with E-state index >= 15 is 0 Å². The van der Waals surface area contributed by atoms with Crippen LogP contribution in [0.3, 0.4) is 0 Å². The molecule has 0 fully saturated rings. The molecular weight excluding hydrogens is 294 g/mol. The van der Waals surface area contributed by atoms with Crippen LogP contribution in [-0.4, -0.2) is 25.8 Å². The van der Waals surface area contributed by atoms with Gasteiger partial charge in [-0.2, -0.15) is 5.10 Å². The summed E-state index contributed by atoms with van der Waals surface area (Å²) in [5.74, 6) is 0.541. The maximum absolute atomic E-state index is 12.5. The quantitative estimate of drug-likeness (QED) is 0.800. The number of pyridine rings is 1. The SMILES string of the molecule is Cc1c(C(=O)Nc2cnoc2C(C)C)cnn1-c1ccncc1. The predicted octanol–water partition coefficient (Wildman–Crippen LogP) is 2.94. The summed E-state index contributed by atoms with van der Waals surface area (Å²) in [7, 11) is 0. The first-order valence-electron chi connectivity index (χ1n) is 7.29. The van der Waals surface area contributed by atoms with Crippen LogP contribution < -0.4 is 5.32 Å². The molecule has 23 heavy (non-hydrogen) atoms. The third-order valence-corrected chi connectivity index (χ3v) is 3.53. The number of anilines is 1. The minimum Gasteiger partial charge on any atom is -0.359 e. The maximum Gasteiger partial charge on any atom is 0.259 e. The third-order valence-electron chi connectivity index (χ3n) is 3.53. The Morgan fingerprint density at radius 3 is 2.70 bits per heavy atom. The molecule has 0 spiro atoms. The fourth-order valence-electron chi connectivity index (χ4n) is 2.33. The molecule has 0 saturated carbocycles. The average molecular weight is 311 g/mol. The number of rotatable bonds is 4. The van der Waals surface area contributed by atoms with E-state index < -0.39 is 0 Å². The van der Waals surface area contributed by atoms with Gasteiger partial charge >= 0.3 is 0 Å². The fourth-order valence-corrected chi connectivity index (χ4v) is 2.33. The summed E-state index contributed by atoms with van der Waals surface area (Å²) in [6.07, 6.45) is 6.42. The van der Waals surface area contributed by atoms with Crippen molar-refractivity contribution in [2.45, 2.75) is 26.7 Å². The average Bonchev–Trinajstić information content (AvgIpc) is 3.14. The van der Waals surface area contributed by atoms with Crippen LogP contribution in [0.1, 0.15) is 41.6 Å². The van der Waals surface area contributed by atoms with Gasteiger partial charge in [-0.25, -0.2) is 4.68 Å². The summed E-state index contributed by atoms with van der Waals surface area (Å²) >= 11 is 0. The number of carbonyl (C=O) groups is 1. The molecule has 0 unspecified atom stereocenters. The van der Waals surface area contributed by atoms with E-state index in [1.165, 1.54) is 6.20 Å². The Bertz CT molecular complexity index is 820. The molecule has 3 aromatic heterocycles. The molecule has 3 aromatic rings. The highest BCUT2D eigenvalue weighted by Gasteiger charge is 2.19. The third kappa shape index (κ3) is 2.85. The Kier molecular flexibility index (Phi) is 3.92. The van der Waals surface area contributed by atoms with Gasteiger partial charge in [0, 0.05) is 18.3 Å². The molecule has 0 radical (unpaired) electrons. The second-order valence-corrected chi connectivity index (χ2v) is 5.47. The molecule has 7 heteroatoms. The van der Waals surface area contributed by atoms with Crippen LogP contribution in [0.4, 0.5) is 5.69 Å². The maximum atomic E-state index is 12.5. The summed E-state index contributed by atoms with van der Waals surface area (Å²) in [6, 6.07) is 3.66. The standard InChI is InChI=1S/C16H17N5O2/c1-10(2)15-14(9-19-23-15)20-16(22)13-8-18-21(11(13)3)12-4-6-17-7-5-12/h4-10H,1-3H3,(H,20,22). The van der Waals surface area contributed by atoms with Crippen molar-refractivity contribution in [3.63, 3.8) is 0 Å². The number of nitrogens with zero attached hydrogens (tertiary/aromatic N) is 4. The van der Waals surface area contributed by atoms with Crippen molar-refractivity contribution in [1.82, 2.24) is 19.9 Å². The summed E-state index contributed by atoms with van der Waals surface area (Å²) in [5.41, 5.74) is 2.68. The van der Waals surface area contributed by atoms with Crippen LogP contribution in [0.2, 0.25) is 0 Å². The zero-order valence-electron chi connectivity index (χ0n) is 13.1. The van der Waals surface area contributed by atoms with Gasteiger partial charge in [0.25, 0.3) is 5.91 Å². The Hall–Kier alpha value is -2.96. The van der Waals surface area contributed by atoms with E-state index in [0.717, 1.165) is 11.4 Å². The summed E-state index contributed by atoms with van der Waals surface area (Å²) < 4.78 is 6.88. The van der Waals surface area contributed by atoms with Gasteiger partial charge in [-0.15, -0.1) is 0 Å². The van der Waals surface area contributed by atoms with Gasteiger partial charge in [0.2, 0.25) is 0 Å². The zero-order valence-corrected chi connectivity index (χ0v) is 13.1. The molecule has 0 aliphatic carbocycles. The first-order chi connectivity index (χ1) is 11.1. The Balaban J connectivity index is 1.86. The van der Waals surface area contributed by atoms with E-state index in [1.54, 1.807) is 23.3 Å². The van der Waals surface area contributed by atoms with Crippen molar-refractivity contribution < 1.29 is 9.32 Å². The molecule has 3 rings (SSSR count). The van der Waals surface area contributed by atoms with Crippen LogP contribution in [0.5, 0.6) is 0 Å². The second-order valence-electron chi connectivity index (χ2n) is 5.47. The normalized spacial score (nSPS) is 11.0. The molecule has 1 N–H and O–H groups in total. The number of amides is 1. The molecule has 0 aliphatic heterocycles. The lowest BCUT2D eigenvalue weighted by molar-refractivity contribution is 0.102. The largest absolute Gasteiger partial charge is 0.359 e. The van der Waals surface area contributed by atoms with Crippen molar-refractivity contribution in [3.05, 3.63) is 53.9 Å². The van der Waals surface area contributed by atoms with Gasteiger partial charge < -0.3 is 9.84 Å². The number of hydrogen-bond donors (Lipinski definition) is 1. The minimum atomic E-state index is -0.243. The van der Waals surface area contributed by atoms with Crippen molar-refractivity contribution >= 4 is 11.6 Å². The van der Waals surface area contributed by atoms with E-state index in [-0.39, 0.29) is 11.8 Å². The lowest BCUT2D eigenvalue weighted by Gasteiger charge is -2.07. The zero-order chi connectivity index (χ0) is 16.4. The van der Waals surface area contributed by atoms with Gasteiger partial charge in [-0.05, 0) is 19.1 Å². The van der Waals surface area contributed by atoms with Crippen molar-refractivity contribution in [2.24, 2.45) is 0 Å². The lowest BCUT2D eigenvalue weighted by atomic mass is 10.1. The van der Waals surface area contributed by atoms with E-state index in [4.69, 9.17) is 4.52 Å². The molecule has 0 aliphatic rings. The minimum absolute atomic E-state index is 0.133. The summed E-state index contributed by atoms with van der Waals surface area (Å²) in [5, 5.41) is 10.9. The monoisotopic (exact) mass is 311 g/mol. The molecule has 3 heterocycles. The van der Waals surface area contributed by atoms with E-state index in [0.29, 0.717) is 17.0 Å². The lowest BCUT2D eigenvalue weighted by Crippen LogP contribution is -2.14.